The molecule has 1 N–H and O–H groups in total. The van der Waals surface area contributed by atoms with Gasteiger partial charge in [0.25, 0.3) is 0 Å². The molecule has 86 valence electrons. The number of fused-ring (bicyclic) bond motifs is 1. The van der Waals surface area contributed by atoms with Crippen LogP contribution in [0.5, 0.6) is 0 Å². The number of benzene rings is 1. The molecule has 17 heavy (non-hydrogen) atoms. The van der Waals surface area contributed by atoms with Crippen LogP contribution in [0.15, 0.2) is 47.4 Å². The molecule has 1 aliphatic heterocycles. The molecule has 2 heterocycles. The van der Waals surface area contributed by atoms with Gasteiger partial charge in [-0.05, 0) is 23.8 Å². The summed E-state index contributed by atoms with van der Waals surface area (Å²) in [5.74, 6) is 1.87. The van der Waals surface area contributed by atoms with Crippen molar-refractivity contribution in [3.05, 3.63) is 53.2 Å². The van der Waals surface area contributed by atoms with Crippen LogP contribution in [-0.4, -0.2) is 10.7 Å². The second-order valence-electron chi connectivity index (χ2n) is 3.89. The molecule has 0 radical (unpaired) electrons. The van der Waals surface area contributed by atoms with Gasteiger partial charge in [-0.15, -0.1) is 11.8 Å². The van der Waals surface area contributed by atoms with Gasteiger partial charge in [-0.1, -0.05) is 35.9 Å². The van der Waals surface area contributed by atoms with Crippen LogP contribution < -0.4 is 5.32 Å². The average molecular weight is 263 g/mol. The fraction of sp³-hybridized carbons (Fsp3) is 0.154. The van der Waals surface area contributed by atoms with Crippen LogP contribution in [0, 0.1) is 0 Å². The van der Waals surface area contributed by atoms with E-state index in [9.17, 15) is 0 Å². The highest BCUT2D eigenvalue weighted by atomic mass is 35.5. The number of nitrogens with one attached hydrogen (secondary N) is 1. The van der Waals surface area contributed by atoms with E-state index in [1.807, 2.05) is 23.9 Å². The highest BCUT2D eigenvalue weighted by Gasteiger charge is 2.22. The third-order valence-corrected chi connectivity index (χ3v) is 4.13. The summed E-state index contributed by atoms with van der Waals surface area (Å²) >= 11 is 7.75. The topological polar surface area (TPSA) is 24.9 Å². The minimum atomic E-state index is 0.321. The van der Waals surface area contributed by atoms with Crippen molar-refractivity contribution in [2.24, 2.45) is 0 Å². The predicted octanol–water partition coefficient (Wildman–Crippen LogP) is 3.99. The van der Waals surface area contributed by atoms with Crippen molar-refractivity contribution >= 4 is 29.2 Å². The highest BCUT2D eigenvalue weighted by molar-refractivity contribution is 7.99. The lowest BCUT2D eigenvalue weighted by Gasteiger charge is -2.13. The molecule has 1 atom stereocenters. The molecule has 0 aliphatic carbocycles. The zero-order chi connectivity index (χ0) is 11.7. The average Bonchev–Trinajstić information content (AvgIpc) is 2.73. The van der Waals surface area contributed by atoms with E-state index in [0.29, 0.717) is 11.2 Å². The van der Waals surface area contributed by atoms with E-state index in [2.05, 4.69) is 34.6 Å². The van der Waals surface area contributed by atoms with Gasteiger partial charge >= 0.3 is 0 Å². The van der Waals surface area contributed by atoms with Crippen LogP contribution in [0.3, 0.4) is 0 Å². The molecule has 0 amide bonds. The SMILES string of the molecule is Clc1cccc(NC2CSc3ccccc32)n1. The third-order valence-electron chi connectivity index (χ3n) is 2.74. The third kappa shape index (κ3) is 2.26. The van der Waals surface area contributed by atoms with Crippen molar-refractivity contribution in [2.75, 3.05) is 11.1 Å². The van der Waals surface area contributed by atoms with E-state index in [4.69, 9.17) is 11.6 Å². The first-order valence-electron chi connectivity index (χ1n) is 5.44. The maximum absolute atomic E-state index is 5.87. The number of aromatic nitrogens is 1. The summed E-state index contributed by atoms with van der Waals surface area (Å²) < 4.78 is 0. The minimum absolute atomic E-state index is 0.321. The van der Waals surface area contributed by atoms with Gasteiger partial charge in [-0.2, -0.15) is 0 Å². The standard InChI is InChI=1S/C13H11ClN2S/c14-12-6-3-7-13(16-12)15-10-8-17-11-5-2-1-4-9(10)11/h1-7,10H,8H2,(H,15,16). The lowest BCUT2D eigenvalue weighted by molar-refractivity contribution is 0.889. The molecule has 1 aliphatic rings. The largest absolute Gasteiger partial charge is 0.362 e. The van der Waals surface area contributed by atoms with Crippen molar-refractivity contribution < 1.29 is 0 Å². The van der Waals surface area contributed by atoms with Crippen LogP contribution in [0.2, 0.25) is 5.15 Å². The van der Waals surface area contributed by atoms with Gasteiger partial charge in [-0.25, -0.2) is 4.98 Å². The zero-order valence-electron chi connectivity index (χ0n) is 9.06. The van der Waals surface area contributed by atoms with Gasteiger partial charge in [0, 0.05) is 10.6 Å². The minimum Gasteiger partial charge on any atom is -0.362 e. The molecule has 0 bridgehead atoms. The molecule has 0 saturated heterocycles. The van der Waals surface area contributed by atoms with Gasteiger partial charge in [0.2, 0.25) is 0 Å². The first-order valence-corrected chi connectivity index (χ1v) is 6.80. The van der Waals surface area contributed by atoms with Crippen molar-refractivity contribution in [3.63, 3.8) is 0 Å². The first kappa shape index (κ1) is 10.9. The lowest BCUT2D eigenvalue weighted by atomic mass is 10.1. The van der Waals surface area contributed by atoms with Crippen molar-refractivity contribution in [1.82, 2.24) is 4.98 Å². The van der Waals surface area contributed by atoms with E-state index >= 15 is 0 Å². The van der Waals surface area contributed by atoms with Gasteiger partial charge in [0.05, 0.1) is 6.04 Å². The Balaban J connectivity index is 1.84. The fourth-order valence-electron chi connectivity index (χ4n) is 1.95. The van der Waals surface area contributed by atoms with E-state index in [1.54, 1.807) is 6.07 Å². The number of hydrogen-bond donors (Lipinski definition) is 1. The van der Waals surface area contributed by atoms with Crippen molar-refractivity contribution in [2.45, 2.75) is 10.9 Å². The zero-order valence-corrected chi connectivity index (χ0v) is 10.6. The molecule has 3 rings (SSSR count). The lowest BCUT2D eigenvalue weighted by Crippen LogP contribution is -2.10. The van der Waals surface area contributed by atoms with Crippen LogP contribution in [-0.2, 0) is 0 Å². The molecule has 0 saturated carbocycles. The number of rotatable bonds is 2. The molecule has 2 nitrogen and oxygen atoms in total. The molecule has 1 unspecified atom stereocenters. The number of anilines is 1. The highest BCUT2D eigenvalue weighted by Crippen LogP contribution is 2.39. The van der Waals surface area contributed by atoms with Crippen LogP contribution in [0.4, 0.5) is 5.82 Å². The number of nitrogens with zero attached hydrogens (tertiary/aromatic N) is 1. The number of hydrogen-bond acceptors (Lipinski definition) is 3. The Labute approximate surface area is 109 Å². The van der Waals surface area contributed by atoms with E-state index in [-0.39, 0.29) is 0 Å². The van der Waals surface area contributed by atoms with Crippen LogP contribution in [0.25, 0.3) is 0 Å². The molecule has 1 aromatic heterocycles. The quantitative estimate of drug-likeness (QED) is 0.829. The summed E-state index contributed by atoms with van der Waals surface area (Å²) in [7, 11) is 0. The number of pyridine rings is 1. The van der Waals surface area contributed by atoms with E-state index in [0.717, 1.165) is 11.6 Å². The summed E-state index contributed by atoms with van der Waals surface area (Å²) in [5, 5.41) is 3.94. The van der Waals surface area contributed by atoms with Gasteiger partial charge in [0.15, 0.2) is 0 Å². The predicted molar refractivity (Wildman–Crippen MR) is 72.8 cm³/mol. The monoisotopic (exact) mass is 262 g/mol. The fourth-order valence-corrected chi connectivity index (χ4v) is 3.27. The van der Waals surface area contributed by atoms with Crippen LogP contribution in [0.1, 0.15) is 11.6 Å². The summed E-state index contributed by atoms with van der Waals surface area (Å²) in [6.07, 6.45) is 0. The Morgan fingerprint density at radius 3 is 2.94 bits per heavy atom. The Morgan fingerprint density at radius 1 is 1.18 bits per heavy atom. The van der Waals surface area contributed by atoms with Gasteiger partial charge in [-0.3, -0.25) is 0 Å². The maximum atomic E-state index is 5.87. The molecule has 4 heteroatoms. The summed E-state index contributed by atoms with van der Waals surface area (Å²) in [4.78, 5) is 5.61. The van der Waals surface area contributed by atoms with E-state index < -0.39 is 0 Å². The van der Waals surface area contributed by atoms with Crippen LogP contribution >= 0.6 is 23.4 Å². The Hall–Kier alpha value is -1.19. The normalized spacial score (nSPS) is 17.8. The van der Waals surface area contributed by atoms with Gasteiger partial charge < -0.3 is 5.32 Å². The first-order chi connectivity index (χ1) is 8.33. The smallest absolute Gasteiger partial charge is 0.131 e. The molecular formula is C13H11ClN2S. The van der Waals surface area contributed by atoms with Crippen molar-refractivity contribution in [3.8, 4) is 0 Å². The number of halogens is 1. The maximum Gasteiger partial charge on any atom is 0.131 e. The molecule has 2 aromatic rings. The molecular weight excluding hydrogens is 252 g/mol. The Kier molecular flexibility index (Phi) is 2.95. The second kappa shape index (κ2) is 4.59. The summed E-state index contributed by atoms with van der Waals surface area (Å²) in [6, 6.07) is 14.4. The summed E-state index contributed by atoms with van der Waals surface area (Å²) in [5.41, 5.74) is 1.35. The second-order valence-corrected chi connectivity index (χ2v) is 5.34. The molecule has 0 spiro atoms. The molecule has 1 aromatic carbocycles. The Bertz CT molecular complexity index is 544. The Morgan fingerprint density at radius 2 is 2.06 bits per heavy atom. The van der Waals surface area contributed by atoms with Gasteiger partial charge in [0.1, 0.15) is 11.0 Å². The molecule has 0 fully saturated rings. The van der Waals surface area contributed by atoms with E-state index in [1.165, 1.54) is 10.5 Å². The summed E-state index contributed by atoms with van der Waals surface area (Å²) in [6.45, 7) is 0. The number of thioether (sulfide) groups is 1. The van der Waals surface area contributed by atoms with Crippen molar-refractivity contribution in [1.29, 1.82) is 0 Å².